The molecule has 0 aromatic heterocycles. The van der Waals surface area contributed by atoms with E-state index in [1.165, 1.54) is 24.3 Å². The van der Waals surface area contributed by atoms with Crippen LogP contribution < -0.4 is 21.3 Å². The molecule has 3 aromatic rings. The lowest BCUT2D eigenvalue weighted by Gasteiger charge is -2.32. The van der Waals surface area contributed by atoms with Gasteiger partial charge in [0.1, 0.15) is 0 Å². The fourth-order valence-electron chi connectivity index (χ4n) is 4.73. The van der Waals surface area contributed by atoms with Crippen molar-refractivity contribution in [2.75, 3.05) is 22.9 Å². The van der Waals surface area contributed by atoms with Crippen LogP contribution in [0, 0.1) is 19.3 Å². The maximum Gasteiger partial charge on any atom is 0.435 e. The lowest BCUT2D eigenvalue weighted by Crippen LogP contribution is -2.50. The Bertz CT molecular complexity index is 1790. The van der Waals surface area contributed by atoms with Gasteiger partial charge in [0, 0.05) is 41.5 Å². The number of benzene rings is 3. The molecule has 0 unspecified atom stereocenters. The molecule has 3 rings (SSSR count). The summed E-state index contributed by atoms with van der Waals surface area (Å²) < 4.78 is 111. The van der Waals surface area contributed by atoms with Crippen LogP contribution in [0.5, 0.6) is 0 Å². The summed E-state index contributed by atoms with van der Waals surface area (Å²) in [6, 6.07) is 8.67. The summed E-state index contributed by atoms with van der Waals surface area (Å²) in [7, 11) is 0. The van der Waals surface area contributed by atoms with E-state index in [4.69, 9.17) is 18.0 Å². The van der Waals surface area contributed by atoms with Gasteiger partial charge in [-0.3, -0.25) is 19.2 Å². The highest BCUT2D eigenvalue weighted by Gasteiger charge is 2.73. The normalized spacial score (nSPS) is 11.9. The fourth-order valence-corrected chi connectivity index (χ4v) is 5.50. The molecule has 4 N–H and O–H groups in total. The number of primary amides is 2. The number of aryl methyl sites for hydroxylation is 1. The van der Waals surface area contributed by atoms with Crippen molar-refractivity contribution in [3.63, 3.8) is 0 Å². The number of carbonyl (C=O) groups excluding carboxylic acids is 4. The molecule has 49 heavy (non-hydrogen) atoms. The summed E-state index contributed by atoms with van der Waals surface area (Å²) >= 11 is 2.80. The second-order valence-electron chi connectivity index (χ2n) is 10.4. The molecule has 0 aliphatic heterocycles. The Morgan fingerprint density at radius 1 is 0.816 bits per heavy atom. The van der Waals surface area contributed by atoms with Crippen molar-refractivity contribution < 1.29 is 54.3 Å². The maximum atomic E-state index is 16.3. The number of carbonyl (C=O) groups is 4. The third-order valence-corrected chi connectivity index (χ3v) is 7.70. The average molecular weight is 762 g/mol. The molecule has 0 spiro atoms. The number of hydrogen-bond donors (Lipinski definition) is 2. The van der Waals surface area contributed by atoms with Crippen molar-refractivity contribution >= 4 is 56.6 Å². The van der Waals surface area contributed by atoms with Gasteiger partial charge in [-0.05, 0) is 46.6 Å². The van der Waals surface area contributed by atoms with Crippen LogP contribution in [-0.2, 0) is 15.3 Å². The van der Waals surface area contributed by atoms with Crippen LogP contribution in [0.3, 0.4) is 0 Å². The van der Waals surface area contributed by atoms with Crippen LogP contribution in [0.25, 0.3) is 4.85 Å². The number of nitrogens with two attached hydrogens (primary N) is 2. The first kappa shape index (κ1) is 38.4. The summed E-state index contributed by atoms with van der Waals surface area (Å²) in [5.41, 5.74) is 0.595. The maximum absolute atomic E-state index is 16.3. The zero-order valence-corrected chi connectivity index (χ0v) is 26.6. The molecule has 0 aliphatic rings. The minimum absolute atomic E-state index is 0.0441. The van der Waals surface area contributed by atoms with Gasteiger partial charge in [0.05, 0.1) is 23.5 Å². The minimum Gasteiger partial charge on any atom is -0.370 e. The first-order valence-corrected chi connectivity index (χ1v) is 14.5. The van der Waals surface area contributed by atoms with Gasteiger partial charge in [-0.1, -0.05) is 36.4 Å². The molecular weight excluding hydrogens is 738 g/mol. The lowest BCUT2D eigenvalue weighted by molar-refractivity contribution is -0.348. The highest BCUT2D eigenvalue weighted by molar-refractivity contribution is 9.10. The standard InChI is InChI=1S/C31H24BrF8N5O4/c1-16-14-18(29(34,30(35,36)37)31(38,39)40)15-21(32)26(16)45(13-11-24(42)47)28(49)20-4-3-5-22(25(20)33)44(12-10-23(41)46)27(48)17-6-8-19(43-2)9-7-17/h3-9,14-15H,10-13H2,1H3,(H2,41,46)(H2,42,47). The van der Waals surface area contributed by atoms with Crippen molar-refractivity contribution in [1.29, 1.82) is 0 Å². The minimum atomic E-state index is -6.44. The molecular formula is C31H24BrF8N5O4. The van der Waals surface area contributed by atoms with Crippen LogP contribution in [0.4, 0.5) is 52.2 Å². The van der Waals surface area contributed by atoms with Gasteiger partial charge in [0.15, 0.2) is 11.5 Å². The predicted octanol–water partition coefficient (Wildman–Crippen LogP) is 6.78. The Hall–Kier alpha value is -5.05. The quantitative estimate of drug-likeness (QED) is 0.165. The van der Waals surface area contributed by atoms with Crippen molar-refractivity contribution in [2.24, 2.45) is 11.5 Å². The molecule has 9 nitrogen and oxygen atoms in total. The molecule has 4 amide bonds. The van der Waals surface area contributed by atoms with E-state index in [9.17, 15) is 49.9 Å². The zero-order chi connectivity index (χ0) is 37.1. The Morgan fingerprint density at radius 3 is 1.82 bits per heavy atom. The summed E-state index contributed by atoms with van der Waals surface area (Å²) in [5, 5.41) is 0. The van der Waals surface area contributed by atoms with E-state index in [0.29, 0.717) is 4.90 Å². The van der Waals surface area contributed by atoms with Crippen LogP contribution in [-0.4, -0.2) is 49.1 Å². The number of nitrogens with zero attached hydrogens (tertiary/aromatic N) is 3. The fraction of sp³-hybridized carbons (Fsp3) is 0.258. The first-order valence-electron chi connectivity index (χ1n) is 13.7. The van der Waals surface area contributed by atoms with Gasteiger partial charge in [0.2, 0.25) is 11.8 Å². The summed E-state index contributed by atoms with van der Waals surface area (Å²) in [6.07, 6.45) is -14.0. The van der Waals surface area contributed by atoms with Crippen molar-refractivity contribution in [2.45, 2.75) is 37.8 Å². The molecule has 0 heterocycles. The molecule has 260 valence electrons. The zero-order valence-electron chi connectivity index (χ0n) is 25.1. The Labute approximate surface area is 281 Å². The predicted molar refractivity (Wildman–Crippen MR) is 164 cm³/mol. The molecule has 0 radical (unpaired) electrons. The van der Waals surface area contributed by atoms with E-state index >= 15 is 4.39 Å². The lowest BCUT2D eigenvalue weighted by atomic mass is 9.92. The van der Waals surface area contributed by atoms with Gasteiger partial charge in [-0.25, -0.2) is 13.6 Å². The Kier molecular flexibility index (Phi) is 11.4. The van der Waals surface area contributed by atoms with E-state index in [-0.39, 0.29) is 23.4 Å². The van der Waals surface area contributed by atoms with Gasteiger partial charge in [-0.15, -0.1) is 0 Å². The molecule has 0 bridgehead atoms. The van der Waals surface area contributed by atoms with Crippen LogP contribution >= 0.6 is 15.9 Å². The van der Waals surface area contributed by atoms with E-state index < -0.39 is 106 Å². The summed E-state index contributed by atoms with van der Waals surface area (Å²) in [6.45, 7) is 6.87. The average Bonchev–Trinajstić information content (AvgIpc) is 3.00. The van der Waals surface area contributed by atoms with E-state index in [1.54, 1.807) is 0 Å². The third kappa shape index (κ3) is 7.99. The second kappa shape index (κ2) is 14.6. The SMILES string of the molecule is [C-]#[N+]c1ccc(C(=O)N(CCC(N)=O)c2cccc(C(=O)N(CCC(N)=O)c3c(C)cc(C(F)(C(F)(F)F)C(F)(F)F)cc3Br)c2F)cc1. The van der Waals surface area contributed by atoms with Gasteiger partial charge >= 0.3 is 18.0 Å². The van der Waals surface area contributed by atoms with Crippen LogP contribution in [0.2, 0.25) is 0 Å². The highest BCUT2D eigenvalue weighted by Crippen LogP contribution is 2.54. The van der Waals surface area contributed by atoms with Crippen molar-refractivity contribution in [3.05, 3.63) is 98.6 Å². The number of alkyl halides is 7. The number of anilines is 2. The third-order valence-electron chi connectivity index (χ3n) is 7.10. The van der Waals surface area contributed by atoms with Gasteiger partial charge < -0.3 is 21.3 Å². The Balaban J connectivity index is 2.19. The first-order chi connectivity index (χ1) is 22.6. The molecule has 18 heteroatoms. The highest BCUT2D eigenvalue weighted by atomic mass is 79.9. The largest absolute Gasteiger partial charge is 0.435 e. The topological polar surface area (TPSA) is 131 Å². The molecule has 0 atom stereocenters. The van der Waals surface area contributed by atoms with E-state index in [2.05, 4.69) is 20.8 Å². The monoisotopic (exact) mass is 761 g/mol. The Morgan fingerprint density at radius 2 is 1.35 bits per heavy atom. The number of amides is 4. The van der Waals surface area contributed by atoms with Crippen molar-refractivity contribution in [3.8, 4) is 0 Å². The summed E-state index contributed by atoms with van der Waals surface area (Å²) in [5.74, 6) is -5.39. The number of rotatable bonds is 11. The number of hydrogen-bond acceptors (Lipinski definition) is 4. The second-order valence-corrected chi connectivity index (χ2v) is 11.3. The van der Waals surface area contributed by atoms with Gasteiger partial charge in [-0.2, -0.15) is 26.3 Å². The van der Waals surface area contributed by atoms with Gasteiger partial charge in [0.25, 0.3) is 11.8 Å². The molecule has 0 fully saturated rings. The van der Waals surface area contributed by atoms with Crippen LogP contribution in [0.1, 0.15) is 44.7 Å². The summed E-state index contributed by atoms with van der Waals surface area (Å²) in [4.78, 5) is 55.2. The molecule has 0 saturated carbocycles. The van der Waals surface area contributed by atoms with E-state index in [1.807, 2.05) is 0 Å². The molecule has 3 aromatic carbocycles. The molecule has 0 saturated heterocycles. The van der Waals surface area contributed by atoms with Crippen molar-refractivity contribution in [1.82, 2.24) is 0 Å². The molecule has 0 aliphatic carbocycles. The van der Waals surface area contributed by atoms with E-state index in [0.717, 1.165) is 30.0 Å². The number of halogens is 9. The smallest absolute Gasteiger partial charge is 0.370 e. The van der Waals surface area contributed by atoms with Crippen LogP contribution in [0.15, 0.2) is 59.1 Å².